The summed E-state index contributed by atoms with van der Waals surface area (Å²) in [5.41, 5.74) is 2.56. The Morgan fingerprint density at radius 2 is 1.90 bits per heavy atom. The predicted octanol–water partition coefficient (Wildman–Crippen LogP) is 2.76. The SMILES string of the molecule is COc1ccc(-c2nc3cnccn3c2NCCC(=O)N2CCN(C(C)C)CC2)cc1. The minimum Gasteiger partial charge on any atom is -0.497 e. The van der Waals surface area contributed by atoms with Crippen LogP contribution in [0, 0.1) is 0 Å². The van der Waals surface area contributed by atoms with Crippen LogP contribution < -0.4 is 10.1 Å². The Balaban J connectivity index is 1.45. The molecule has 3 aromatic rings. The van der Waals surface area contributed by atoms with Crippen molar-refractivity contribution in [2.75, 3.05) is 45.2 Å². The Labute approximate surface area is 182 Å². The van der Waals surface area contributed by atoms with Crippen molar-refractivity contribution in [1.29, 1.82) is 0 Å². The summed E-state index contributed by atoms with van der Waals surface area (Å²) in [7, 11) is 1.65. The van der Waals surface area contributed by atoms with E-state index < -0.39 is 0 Å². The highest BCUT2D eigenvalue weighted by Crippen LogP contribution is 2.29. The Kier molecular flexibility index (Phi) is 6.36. The number of hydrogen-bond donors (Lipinski definition) is 1. The lowest BCUT2D eigenvalue weighted by molar-refractivity contribution is -0.132. The minimum absolute atomic E-state index is 0.192. The molecule has 1 amide bonds. The average molecular weight is 423 g/mol. The van der Waals surface area contributed by atoms with E-state index in [-0.39, 0.29) is 5.91 Å². The molecule has 0 saturated carbocycles. The number of anilines is 1. The van der Waals surface area contributed by atoms with Crippen molar-refractivity contribution in [2.24, 2.45) is 0 Å². The van der Waals surface area contributed by atoms with Crippen LogP contribution in [0.15, 0.2) is 42.9 Å². The monoisotopic (exact) mass is 422 g/mol. The van der Waals surface area contributed by atoms with Crippen molar-refractivity contribution in [3.05, 3.63) is 42.9 Å². The first-order valence-electron chi connectivity index (χ1n) is 10.8. The van der Waals surface area contributed by atoms with Gasteiger partial charge >= 0.3 is 0 Å². The van der Waals surface area contributed by atoms with Crippen LogP contribution in [-0.2, 0) is 4.79 Å². The number of fused-ring (bicyclic) bond motifs is 1. The van der Waals surface area contributed by atoms with E-state index in [1.54, 1.807) is 19.5 Å². The number of carbonyl (C=O) groups is 1. The van der Waals surface area contributed by atoms with Gasteiger partial charge in [0.15, 0.2) is 5.65 Å². The van der Waals surface area contributed by atoms with Gasteiger partial charge < -0.3 is 15.0 Å². The molecule has 8 nitrogen and oxygen atoms in total. The summed E-state index contributed by atoms with van der Waals surface area (Å²) < 4.78 is 7.24. The number of hydrogen-bond acceptors (Lipinski definition) is 6. The Morgan fingerprint density at radius 1 is 1.16 bits per heavy atom. The summed E-state index contributed by atoms with van der Waals surface area (Å²) >= 11 is 0. The highest BCUT2D eigenvalue weighted by atomic mass is 16.5. The second-order valence-electron chi connectivity index (χ2n) is 8.03. The highest BCUT2D eigenvalue weighted by molar-refractivity contribution is 5.79. The maximum atomic E-state index is 12.7. The zero-order valence-electron chi connectivity index (χ0n) is 18.4. The molecular weight excluding hydrogens is 392 g/mol. The largest absolute Gasteiger partial charge is 0.497 e. The summed E-state index contributed by atoms with van der Waals surface area (Å²) in [6.45, 7) is 8.44. The van der Waals surface area contributed by atoms with Gasteiger partial charge in [0.05, 0.1) is 13.3 Å². The van der Waals surface area contributed by atoms with E-state index in [9.17, 15) is 4.79 Å². The molecule has 3 heterocycles. The van der Waals surface area contributed by atoms with Crippen molar-refractivity contribution in [3.8, 4) is 17.0 Å². The molecule has 1 N–H and O–H groups in total. The molecule has 0 aliphatic carbocycles. The van der Waals surface area contributed by atoms with E-state index in [2.05, 4.69) is 29.0 Å². The summed E-state index contributed by atoms with van der Waals surface area (Å²) in [4.78, 5) is 26.0. The van der Waals surface area contributed by atoms with Gasteiger partial charge in [-0.15, -0.1) is 0 Å². The van der Waals surface area contributed by atoms with Crippen molar-refractivity contribution >= 4 is 17.4 Å². The zero-order chi connectivity index (χ0) is 21.8. The Morgan fingerprint density at radius 3 is 2.58 bits per heavy atom. The summed E-state index contributed by atoms with van der Waals surface area (Å²) in [6, 6.07) is 8.33. The van der Waals surface area contributed by atoms with Gasteiger partial charge in [0, 0.05) is 63.1 Å². The topological polar surface area (TPSA) is 75.0 Å². The number of nitrogens with one attached hydrogen (secondary N) is 1. The average Bonchev–Trinajstić information content (AvgIpc) is 3.17. The quantitative estimate of drug-likeness (QED) is 0.631. The number of aromatic nitrogens is 3. The molecule has 1 fully saturated rings. The van der Waals surface area contributed by atoms with Crippen LogP contribution in [0.5, 0.6) is 5.75 Å². The molecule has 164 valence electrons. The molecule has 0 atom stereocenters. The number of ether oxygens (including phenoxy) is 1. The third kappa shape index (κ3) is 4.64. The fraction of sp³-hybridized carbons (Fsp3) is 0.435. The zero-order valence-corrected chi connectivity index (χ0v) is 18.4. The summed E-state index contributed by atoms with van der Waals surface area (Å²) in [5, 5.41) is 3.44. The van der Waals surface area contributed by atoms with Gasteiger partial charge in [-0.05, 0) is 38.1 Å². The second-order valence-corrected chi connectivity index (χ2v) is 8.03. The van der Waals surface area contributed by atoms with Gasteiger partial charge in [-0.1, -0.05) is 0 Å². The van der Waals surface area contributed by atoms with Crippen LogP contribution in [0.4, 0.5) is 5.82 Å². The maximum Gasteiger partial charge on any atom is 0.224 e. The molecule has 1 aromatic carbocycles. The highest BCUT2D eigenvalue weighted by Gasteiger charge is 2.22. The molecule has 0 unspecified atom stereocenters. The first-order valence-corrected chi connectivity index (χ1v) is 10.8. The van der Waals surface area contributed by atoms with Gasteiger partial charge in [-0.3, -0.25) is 19.1 Å². The number of nitrogens with zero attached hydrogens (tertiary/aromatic N) is 5. The van der Waals surface area contributed by atoms with E-state index in [1.807, 2.05) is 39.8 Å². The van der Waals surface area contributed by atoms with E-state index in [0.717, 1.165) is 54.7 Å². The molecule has 8 heteroatoms. The molecule has 1 aliphatic heterocycles. The molecule has 0 spiro atoms. The van der Waals surface area contributed by atoms with E-state index in [1.165, 1.54) is 0 Å². The molecule has 4 rings (SSSR count). The number of imidazole rings is 1. The number of benzene rings is 1. The molecule has 1 aliphatic rings. The van der Waals surface area contributed by atoms with E-state index in [0.29, 0.717) is 19.0 Å². The summed E-state index contributed by atoms with van der Waals surface area (Å²) in [5.74, 6) is 1.85. The predicted molar refractivity (Wildman–Crippen MR) is 121 cm³/mol. The third-order valence-electron chi connectivity index (χ3n) is 5.82. The molecule has 31 heavy (non-hydrogen) atoms. The number of amides is 1. The summed E-state index contributed by atoms with van der Waals surface area (Å²) in [6.07, 6.45) is 5.79. The van der Waals surface area contributed by atoms with Crippen LogP contribution in [0.1, 0.15) is 20.3 Å². The van der Waals surface area contributed by atoms with Crippen LogP contribution in [0.2, 0.25) is 0 Å². The van der Waals surface area contributed by atoms with Crippen molar-refractivity contribution in [1.82, 2.24) is 24.2 Å². The van der Waals surface area contributed by atoms with Crippen molar-refractivity contribution in [3.63, 3.8) is 0 Å². The first-order chi connectivity index (χ1) is 15.1. The molecule has 0 radical (unpaired) electrons. The molecule has 0 bridgehead atoms. The van der Waals surface area contributed by atoms with Crippen molar-refractivity contribution in [2.45, 2.75) is 26.3 Å². The van der Waals surface area contributed by atoms with Crippen LogP contribution in [0.3, 0.4) is 0 Å². The van der Waals surface area contributed by atoms with Crippen LogP contribution in [-0.4, -0.2) is 76.0 Å². The minimum atomic E-state index is 0.192. The lowest BCUT2D eigenvalue weighted by atomic mass is 10.1. The lowest BCUT2D eigenvalue weighted by Crippen LogP contribution is -2.50. The van der Waals surface area contributed by atoms with Gasteiger partial charge in [-0.25, -0.2) is 4.98 Å². The maximum absolute atomic E-state index is 12.7. The van der Waals surface area contributed by atoms with Crippen LogP contribution in [0.25, 0.3) is 16.9 Å². The van der Waals surface area contributed by atoms with Gasteiger partial charge in [0.2, 0.25) is 5.91 Å². The molecular formula is C23H30N6O2. The fourth-order valence-electron chi connectivity index (χ4n) is 3.96. The molecule has 1 saturated heterocycles. The fourth-order valence-corrected chi connectivity index (χ4v) is 3.96. The standard InChI is InChI=1S/C23H30N6O2/c1-17(2)27-12-14-28(15-13-27)21(30)8-9-25-23-22(18-4-6-19(31-3)7-5-18)26-20-16-24-10-11-29(20)23/h4-7,10-11,16-17,25H,8-9,12-15H2,1-3H3. The van der Waals surface area contributed by atoms with Gasteiger partial charge in [0.25, 0.3) is 0 Å². The van der Waals surface area contributed by atoms with E-state index >= 15 is 0 Å². The van der Waals surface area contributed by atoms with E-state index in [4.69, 9.17) is 9.72 Å². The first kappa shape index (κ1) is 21.1. The van der Waals surface area contributed by atoms with Crippen molar-refractivity contribution < 1.29 is 9.53 Å². The normalized spacial score (nSPS) is 14.9. The number of piperazine rings is 1. The Hall–Kier alpha value is -3.13. The second kappa shape index (κ2) is 9.34. The van der Waals surface area contributed by atoms with Gasteiger partial charge in [0.1, 0.15) is 17.3 Å². The lowest BCUT2D eigenvalue weighted by Gasteiger charge is -2.37. The van der Waals surface area contributed by atoms with Gasteiger partial charge in [-0.2, -0.15) is 0 Å². The van der Waals surface area contributed by atoms with Crippen LogP contribution >= 0.6 is 0 Å². The number of carbonyl (C=O) groups excluding carboxylic acids is 1. The third-order valence-corrected chi connectivity index (χ3v) is 5.82. The Bertz CT molecular complexity index is 1020. The number of rotatable bonds is 7. The number of methoxy groups -OCH3 is 1. The smallest absolute Gasteiger partial charge is 0.224 e. The molecule has 2 aromatic heterocycles.